The lowest BCUT2D eigenvalue weighted by Crippen LogP contribution is -2.25. The van der Waals surface area contributed by atoms with E-state index in [2.05, 4.69) is 47.4 Å². The van der Waals surface area contributed by atoms with Gasteiger partial charge in [0, 0.05) is 40.0 Å². The van der Waals surface area contributed by atoms with Crippen LogP contribution in [-0.2, 0) is 5.41 Å². The molecule has 2 aliphatic rings. The second kappa shape index (κ2) is 12.2. The van der Waals surface area contributed by atoms with Crippen LogP contribution in [0.2, 0.25) is 0 Å². The molecule has 10 aromatic rings. The van der Waals surface area contributed by atoms with E-state index in [0.717, 1.165) is 50.0 Å². The summed E-state index contributed by atoms with van der Waals surface area (Å²) in [6.45, 7) is -4.05. The third-order valence-corrected chi connectivity index (χ3v) is 12.5. The average molecular weight is 770 g/mol. The van der Waals surface area contributed by atoms with Crippen molar-refractivity contribution >= 4 is 28.0 Å². The van der Waals surface area contributed by atoms with E-state index < -0.39 is 26.0 Å². The quantitative estimate of drug-likeness (QED) is 0.176. The number of fused-ring (bicyclic) bond motifs is 15. The summed E-state index contributed by atoms with van der Waals surface area (Å²) in [4.78, 5) is 4.67. The summed E-state index contributed by atoms with van der Waals surface area (Å²) in [6.07, 6.45) is 0. The molecule has 8 aromatic carbocycles. The maximum atomic E-state index is 8.93. The largest absolute Gasteiger partial charge is 0.456 e. The first kappa shape index (κ1) is 26.0. The van der Waals surface area contributed by atoms with Gasteiger partial charge in [-0.05, 0) is 129 Å². The van der Waals surface area contributed by atoms with Crippen LogP contribution in [0.25, 0.3) is 94.7 Å². The van der Waals surface area contributed by atoms with Gasteiger partial charge >= 0.3 is 5.84 Å². The van der Waals surface area contributed by atoms with Gasteiger partial charge in [0.15, 0.2) is 5.58 Å². The van der Waals surface area contributed by atoms with Gasteiger partial charge in [-0.15, -0.1) is 0 Å². The highest BCUT2D eigenvalue weighted by Gasteiger charge is 2.37. The van der Waals surface area contributed by atoms with Gasteiger partial charge in [-0.25, -0.2) is 0 Å². The summed E-state index contributed by atoms with van der Waals surface area (Å²) >= 11 is 0. The van der Waals surface area contributed by atoms with Crippen LogP contribution in [0.1, 0.15) is 54.0 Å². The molecular formula is C55H40N2O2. The van der Waals surface area contributed by atoms with Crippen LogP contribution in [0.3, 0.4) is 0 Å². The summed E-state index contributed by atoms with van der Waals surface area (Å²) in [6, 6.07) is 48.2. The number of aryl methyl sites for hydroxylation is 3. The zero-order chi connectivity index (χ0) is 47.2. The van der Waals surface area contributed by atoms with Crippen molar-refractivity contribution in [2.24, 2.45) is 0 Å². The van der Waals surface area contributed by atoms with E-state index in [9.17, 15) is 0 Å². The number of benzene rings is 8. The van der Waals surface area contributed by atoms with Crippen molar-refractivity contribution in [1.82, 2.24) is 9.38 Å². The summed E-state index contributed by atoms with van der Waals surface area (Å²) in [5.74, 6) is 0.750. The van der Waals surface area contributed by atoms with E-state index in [1.807, 2.05) is 86.6 Å². The highest BCUT2D eigenvalue weighted by Crippen LogP contribution is 2.55. The fraction of sp³-hybridized carbons (Fsp3) is 0.109. The maximum absolute atomic E-state index is 8.93. The van der Waals surface area contributed by atoms with Crippen molar-refractivity contribution in [2.45, 2.75) is 39.8 Å². The van der Waals surface area contributed by atoms with Gasteiger partial charge < -0.3 is 9.15 Å². The number of nitrogens with zero attached hydrogens (tertiary/aromatic N) is 2. The van der Waals surface area contributed by atoms with E-state index in [0.29, 0.717) is 39.0 Å². The van der Waals surface area contributed by atoms with Crippen LogP contribution in [0.15, 0.2) is 156 Å². The Morgan fingerprint density at radius 2 is 1.10 bits per heavy atom. The third-order valence-electron chi connectivity index (χ3n) is 12.5. The van der Waals surface area contributed by atoms with Gasteiger partial charge in [-0.3, -0.25) is 4.40 Å². The smallest absolute Gasteiger partial charge is 0.307 e. The summed E-state index contributed by atoms with van der Waals surface area (Å²) < 4.78 is 94.6. The zero-order valence-electron chi connectivity index (χ0n) is 41.1. The number of aromatic nitrogens is 2. The van der Waals surface area contributed by atoms with Crippen LogP contribution >= 0.6 is 0 Å². The summed E-state index contributed by atoms with van der Waals surface area (Å²) in [5, 5.41) is 0. The Labute approximate surface area is 355 Å². The van der Waals surface area contributed by atoms with Crippen molar-refractivity contribution in [3.05, 3.63) is 179 Å². The standard InChI is InChI=1S/C55H40N2O2/c1-31-22-26-44-52(50(31)34-24-25-41-39-18-9-8-16-37(39)35-14-6-7-15-36(35)38-17-10-11-19-40(38)43(41)29-34)58-49-28-33(3)42(30-45(49)55(44,4)5)51-32(2)23-27-48-53(51)59-54-56-46-20-12-13-21-47(46)57(48)54/h6-30H,1-5H3/i1D3,2D3,3D3. The van der Waals surface area contributed by atoms with Gasteiger partial charge in [-0.2, -0.15) is 4.98 Å². The van der Waals surface area contributed by atoms with Crippen molar-refractivity contribution in [3.63, 3.8) is 0 Å². The molecule has 0 amide bonds. The highest BCUT2D eigenvalue weighted by atomic mass is 16.5. The molecular weight excluding hydrogens is 721 g/mol. The lowest BCUT2D eigenvalue weighted by molar-refractivity contribution is 0.419. The lowest BCUT2D eigenvalue weighted by Gasteiger charge is -2.37. The average Bonchev–Trinajstić information content (AvgIpc) is 3.86. The van der Waals surface area contributed by atoms with Gasteiger partial charge in [0.25, 0.3) is 0 Å². The number of imidazole rings is 1. The fourth-order valence-corrected chi connectivity index (χ4v) is 9.61. The molecule has 0 spiro atoms. The number of ether oxygens (including phenoxy) is 1. The Hall–Kier alpha value is -7.17. The molecule has 0 bridgehead atoms. The van der Waals surface area contributed by atoms with E-state index in [1.54, 1.807) is 28.7 Å². The highest BCUT2D eigenvalue weighted by molar-refractivity contribution is 6.04. The molecule has 0 radical (unpaired) electrons. The molecule has 12 rings (SSSR count). The minimum absolute atomic E-state index is 0.0807. The molecule has 0 saturated carbocycles. The number of para-hydroxylation sites is 2. The molecule has 0 saturated heterocycles. The molecule has 3 heterocycles. The Bertz CT molecular complexity index is 3770. The van der Waals surface area contributed by atoms with E-state index in [4.69, 9.17) is 21.5 Å². The molecule has 1 aliphatic carbocycles. The first-order valence-corrected chi connectivity index (χ1v) is 19.7. The van der Waals surface area contributed by atoms with Crippen LogP contribution in [-0.4, -0.2) is 9.38 Å². The van der Waals surface area contributed by atoms with E-state index in [-0.39, 0.29) is 45.0 Å². The van der Waals surface area contributed by atoms with E-state index >= 15 is 0 Å². The van der Waals surface area contributed by atoms with Gasteiger partial charge in [0.2, 0.25) is 0 Å². The fourth-order valence-electron chi connectivity index (χ4n) is 9.61. The lowest BCUT2D eigenvalue weighted by atomic mass is 9.73. The van der Waals surface area contributed by atoms with Crippen LogP contribution in [0.4, 0.5) is 0 Å². The number of hydrogen-bond acceptors (Lipinski definition) is 3. The first-order valence-electron chi connectivity index (χ1n) is 24.2. The Balaban J connectivity index is 1.10. The Morgan fingerprint density at radius 1 is 0.508 bits per heavy atom. The zero-order valence-corrected chi connectivity index (χ0v) is 32.1. The predicted octanol–water partition coefficient (Wildman–Crippen LogP) is 14.9. The van der Waals surface area contributed by atoms with Crippen LogP contribution in [0.5, 0.6) is 11.5 Å². The third kappa shape index (κ3) is 4.74. The molecule has 59 heavy (non-hydrogen) atoms. The normalized spacial score (nSPS) is 16.3. The van der Waals surface area contributed by atoms with Gasteiger partial charge in [0.05, 0.1) is 16.6 Å². The molecule has 4 nitrogen and oxygen atoms in total. The minimum atomic E-state index is -2.77. The van der Waals surface area contributed by atoms with Crippen LogP contribution < -0.4 is 4.74 Å². The summed E-state index contributed by atoms with van der Waals surface area (Å²) in [7, 11) is 0. The molecule has 2 aromatic heterocycles. The molecule has 0 atom stereocenters. The van der Waals surface area contributed by atoms with E-state index in [1.165, 1.54) is 12.1 Å². The van der Waals surface area contributed by atoms with Gasteiger partial charge in [-0.1, -0.05) is 129 Å². The molecule has 0 unspecified atom stereocenters. The van der Waals surface area contributed by atoms with Crippen LogP contribution in [0, 0.1) is 20.6 Å². The van der Waals surface area contributed by atoms with Crippen molar-refractivity contribution < 1.29 is 21.5 Å². The molecule has 0 N–H and O–H groups in total. The maximum Gasteiger partial charge on any atom is 0.307 e. The van der Waals surface area contributed by atoms with Crippen molar-refractivity contribution in [1.29, 1.82) is 0 Å². The number of hydrogen-bond donors (Lipinski definition) is 0. The SMILES string of the molecule is [2H]C([2H])([2H])c1cc2c(cc1-c1c(C([2H])([2H])[2H])ccc3c1oc1nc4ccccc4n13)C(C)(C)c1ccc(C([2H])([2H])[2H])c(-c3ccc4c(c3)-c3ccccc3-c3ccccc3-c3ccccc3-4)c1O2. The second-order valence-corrected chi connectivity index (χ2v) is 16.0. The monoisotopic (exact) mass is 769 g/mol. The van der Waals surface area contributed by atoms with Crippen molar-refractivity contribution in [3.8, 4) is 78.3 Å². The molecule has 0 fully saturated rings. The minimum Gasteiger partial charge on any atom is -0.456 e. The van der Waals surface area contributed by atoms with Gasteiger partial charge in [0.1, 0.15) is 11.5 Å². The topological polar surface area (TPSA) is 39.7 Å². The predicted molar refractivity (Wildman–Crippen MR) is 241 cm³/mol. The molecule has 4 heteroatoms. The number of rotatable bonds is 2. The number of oxazole rings is 1. The second-order valence-electron chi connectivity index (χ2n) is 16.0. The Morgan fingerprint density at radius 3 is 1.78 bits per heavy atom. The summed E-state index contributed by atoms with van der Waals surface area (Å²) in [5.41, 5.74) is 11.8. The first-order chi connectivity index (χ1) is 32.4. The molecule has 282 valence electrons. The van der Waals surface area contributed by atoms with Crippen molar-refractivity contribution in [2.75, 3.05) is 0 Å². The molecule has 1 aliphatic heterocycles. The Kier molecular flexibility index (Phi) is 5.35.